The first-order valence-corrected chi connectivity index (χ1v) is 11.0. The monoisotopic (exact) mass is 444 g/mol. The van der Waals surface area contributed by atoms with E-state index in [0.29, 0.717) is 16.9 Å². The number of nitrogens with zero attached hydrogens (tertiary/aromatic N) is 1. The van der Waals surface area contributed by atoms with Gasteiger partial charge in [-0.25, -0.2) is 0 Å². The molecular weight excluding hydrogens is 416 g/mol. The Balaban J connectivity index is 1.52. The van der Waals surface area contributed by atoms with Crippen molar-refractivity contribution in [1.29, 1.82) is 0 Å². The molecule has 0 radical (unpaired) electrons. The molecule has 1 aromatic heterocycles. The van der Waals surface area contributed by atoms with E-state index < -0.39 is 0 Å². The Morgan fingerprint density at radius 3 is 2.61 bits per heavy atom. The number of carbonyl (C=O) groups excluding carboxylic acids is 2. The highest BCUT2D eigenvalue weighted by molar-refractivity contribution is 6.17. The minimum absolute atomic E-state index is 0.0865. The van der Waals surface area contributed by atoms with E-state index in [9.17, 15) is 9.59 Å². The summed E-state index contributed by atoms with van der Waals surface area (Å²) in [6.45, 7) is 6.27. The van der Waals surface area contributed by atoms with Gasteiger partial charge < -0.3 is 14.5 Å². The van der Waals surface area contributed by atoms with Crippen LogP contribution >= 0.6 is 0 Å². The summed E-state index contributed by atoms with van der Waals surface area (Å²) in [6, 6.07) is 16.4. The van der Waals surface area contributed by atoms with Crippen LogP contribution in [0.2, 0.25) is 0 Å². The van der Waals surface area contributed by atoms with Crippen LogP contribution in [0.15, 0.2) is 64.0 Å². The topological polar surface area (TPSA) is 80.9 Å². The Morgan fingerprint density at radius 1 is 1.09 bits per heavy atom. The second-order valence-corrected chi connectivity index (χ2v) is 8.95. The molecule has 6 heteroatoms. The molecule has 33 heavy (non-hydrogen) atoms. The third-order valence-electron chi connectivity index (χ3n) is 5.68. The lowest BCUT2D eigenvalue weighted by Crippen LogP contribution is -2.30. The Labute approximate surface area is 193 Å². The van der Waals surface area contributed by atoms with E-state index in [1.807, 2.05) is 37.3 Å². The van der Waals surface area contributed by atoms with Crippen molar-refractivity contribution in [1.82, 2.24) is 5.32 Å². The lowest BCUT2D eigenvalue weighted by Gasteiger charge is -2.29. The van der Waals surface area contributed by atoms with Gasteiger partial charge in [0.05, 0.1) is 31.3 Å². The number of furan rings is 1. The van der Waals surface area contributed by atoms with Crippen molar-refractivity contribution in [3.8, 4) is 5.75 Å². The predicted octanol–water partition coefficient (Wildman–Crippen LogP) is 4.92. The van der Waals surface area contributed by atoms with Crippen LogP contribution < -0.4 is 10.1 Å². The number of rotatable bonds is 7. The Bertz CT molecular complexity index is 1240. The molecule has 0 unspecified atom stereocenters. The van der Waals surface area contributed by atoms with Crippen LogP contribution in [0.3, 0.4) is 0 Å². The van der Waals surface area contributed by atoms with Gasteiger partial charge in [-0.15, -0.1) is 0 Å². The fraction of sp³-hybridized carbons (Fsp3) is 0.296. The van der Waals surface area contributed by atoms with Crippen LogP contribution in [-0.2, 0) is 13.0 Å². The van der Waals surface area contributed by atoms with Gasteiger partial charge in [-0.05, 0) is 69.2 Å². The number of hydrogen-bond acceptors (Lipinski definition) is 5. The van der Waals surface area contributed by atoms with Crippen LogP contribution in [-0.4, -0.2) is 30.1 Å². The number of fused-ring (bicyclic) bond motifs is 1. The largest absolute Gasteiger partial charge is 0.497 e. The van der Waals surface area contributed by atoms with Gasteiger partial charge in [0.2, 0.25) is 0 Å². The molecule has 170 valence electrons. The van der Waals surface area contributed by atoms with Crippen molar-refractivity contribution in [2.24, 2.45) is 4.99 Å². The average molecular weight is 445 g/mol. The van der Waals surface area contributed by atoms with E-state index in [2.05, 4.69) is 19.2 Å². The van der Waals surface area contributed by atoms with E-state index in [0.717, 1.165) is 34.8 Å². The highest BCUT2D eigenvalue weighted by Gasteiger charge is 2.28. The molecule has 6 nitrogen and oxygen atoms in total. The fourth-order valence-electron chi connectivity index (χ4n) is 4.11. The lowest BCUT2D eigenvalue weighted by molar-refractivity contribution is 0.0948. The molecule has 1 amide bonds. The molecule has 1 aliphatic heterocycles. The second kappa shape index (κ2) is 9.06. The number of aliphatic imine (C=N–C) groups is 1. The van der Waals surface area contributed by atoms with Crippen molar-refractivity contribution in [2.45, 2.75) is 45.7 Å². The first-order valence-electron chi connectivity index (χ1n) is 11.0. The van der Waals surface area contributed by atoms with Gasteiger partial charge in [0, 0.05) is 16.7 Å². The van der Waals surface area contributed by atoms with Crippen LogP contribution in [0.5, 0.6) is 5.75 Å². The SMILES string of the molecule is COc1ccc2c(c1)C(CC(=O)c1cccc(C(=O)NCc3ccc(C)o3)c1)=NC(C)(C)C2. The predicted molar refractivity (Wildman–Crippen MR) is 127 cm³/mol. The van der Waals surface area contributed by atoms with Gasteiger partial charge in [0.15, 0.2) is 5.78 Å². The number of ketones is 1. The highest BCUT2D eigenvalue weighted by Crippen LogP contribution is 2.31. The third-order valence-corrected chi connectivity index (χ3v) is 5.68. The highest BCUT2D eigenvalue weighted by atomic mass is 16.5. The number of hydrogen-bond donors (Lipinski definition) is 1. The van der Waals surface area contributed by atoms with E-state index in [4.69, 9.17) is 14.1 Å². The summed E-state index contributed by atoms with van der Waals surface area (Å²) in [4.78, 5) is 30.7. The molecule has 2 aromatic carbocycles. The zero-order valence-electron chi connectivity index (χ0n) is 19.4. The van der Waals surface area contributed by atoms with Gasteiger partial charge in [-0.2, -0.15) is 0 Å². The van der Waals surface area contributed by atoms with Crippen molar-refractivity contribution < 1.29 is 18.7 Å². The second-order valence-electron chi connectivity index (χ2n) is 8.95. The molecule has 0 atom stereocenters. The summed E-state index contributed by atoms with van der Waals surface area (Å²) in [7, 11) is 1.63. The smallest absolute Gasteiger partial charge is 0.251 e. The van der Waals surface area contributed by atoms with Gasteiger partial charge >= 0.3 is 0 Å². The maximum absolute atomic E-state index is 13.2. The summed E-state index contributed by atoms with van der Waals surface area (Å²) >= 11 is 0. The van der Waals surface area contributed by atoms with Crippen LogP contribution in [0.4, 0.5) is 0 Å². The number of benzene rings is 2. The summed E-state index contributed by atoms with van der Waals surface area (Å²) in [5.74, 6) is 1.86. The van der Waals surface area contributed by atoms with Gasteiger partial charge in [0.25, 0.3) is 5.91 Å². The van der Waals surface area contributed by atoms with Crippen molar-refractivity contribution >= 4 is 17.4 Å². The quantitative estimate of drug-likeness (QED) is 0.524. The van der Waals surface area contributed by atoms with Gasteiger partial charge in [-0.3, -0.25) is 14.6 Å². The molecular formula is C27H28N2O4. The van der Waals surface area contributed by atoms with Crippen molar-refractivity contribution in [3.05, 3.63) is 88.4 Å². The van der Waals surface area contributed by atoms with E-state index in [-0.39, 0.29) is 30.2 Å². The summed E-state index contributed by atoms with van der Waals surface area (Å²) in [6.07, 6.45) is 0.954. The number of nitrogens with one attached hydrogen (secondary N) is 1. The molecule has 2 heterocycles. The number of carbonyl (C=O) groups is 2. The van der Waals surface area contributed by atoms with Crippen molar-refractivity contribution in [2.75, 3.05) is 7.11 Å². The summed E-state index contributed by atoms with van der Waals surface area (Å²) in [5.41, 5.74) is 3.46. The van der Waals surface area contributed by atoms with Crippen LogP contribution in [0.1, 0.15) is 63.6 Å². The zero-order chi connectivity index (χ0) is 23.6. The number of methoxy groups -OCH3 is 1. The normalized spacial score (nSPS) is 14.2. The third kappa shape index (κ3) is 5.22. The number of Topliss-reactive ketones (excluding diaryl/α,β-unsaturated/α-hetero) is 1. The van der Waals surface area contributed by atoms with Crippen LogP contribution in [0.25, 0.3) is 0 Å². The molecule has 0 spiro atoms. The maximum atomic E-state index is 13.2. The molecule has 3 aromatic rings. The summed E-state index contributed by atoms with van der Waals surface area (Å²) < 4.78 is 10.9. The van der Waals surface area contributed by atoms with E-state index >= 15 is 0 Å². The van der Waals surface area contributed by atoms with Gasteiger partial charge in [-0.1, -0.05) is 18.2 Å². The Morgan fingerprint density at radius 2 is 1.88 bits per heavy atom. The molecule has 0 saturated carbocycles. The molecule has 0 aliphatic carbocycles. The van der Waals surface area contributed by atoms with Crippen molar-refractivity contribution in [3.63, 3.8) is 0 Å². The average Bonchev–Trinajstić information content (AvgIpc) is 3.21. The number of aryl methyl sites for hydroxylation is 1. The molecule has 1 N–H and O–H groups in total. The van der Waals surface area contributed by atoms with E-state index in [1.165, 1.54) is 0 Å². The lowest BCUT2D eigenvalue weighted by atomic mass is 9.85. The molecule has 1 aliphatic rings. The molecule has 0 saturated heterocycles. The minimum atomic E-state index is -0.289. The Hall–Kier alpha value is -3.67. The Kier molecular flexibility index (Phi) is 6.18. The fourth-order valence-corrected chi connectivity index (χ4v) is 4.11. The first kappa shape index (κ1) is 22.5. The number of ether oxygens (including phenoxy) is 1. The van der Waals surface area contributed by atoms with Crippen LogP contribution in [0, 0.1) is 6.92 Å². The molecule has 4 rings (SSSR count). The molecule has 0 fully saturated rings. The van der Waals surface area contributed by atoms with Gasteiger partial charge in [0.1, 0.15) is 17.3 Å². The minimum Gasteiger partial charge on any atom is -0.497 e. The number of amides is 1. The molecule has 0 bridgehead atoms. The zero-order valence-corrected chi connectivity index (χ0v) is 19.4. The standard InChI is InChI=1S/C27H28N2O4/c1-17-8-10-22(33-17)16-28-26(31)19-7-5-6-18(12-19)25(30)14-24-23-13-21(32-4)11-9-20(23)15-27(2,3)29-24/h5-13H,14-16H2,1-4H3,(H,28,31). The first-order chi connectivity index (χ1) is 15.7. The summed E-state index contributed by atoms with van der Waals surface area (Å²) in [5, 5.41) is 2.83. The maximum Gasteiger partial charge on any atom is 0.251 e. The van der Waals surface area contributed by atoms with E-state index in [1.54, 1.807) is 31.4 Å².